The van der Waals surface area contributed by atoms with E-state index in [4.69, 9.17) is 19.2 Å². The molecule has 5 nitrogen and oxygen atoms in total. The number of hydrogen-bond donors (Lipinski definition) is 0. The molecule has 0 aliphatic heterocycles. The van der Waals surface area contributed by atoms with Crippen molar-refractivity contribution in [2.75, 3.05) is 0 Å². The second kappa shape index (κ2) is 10.9. The first-order chi connectivity index (χ1) is 18.0. The van der Waals surface area contributed by atoms with Crippen LogP contribution in [-0.2, 0) is 16.1 Å². The van der Waals surface area contributed by atoms with E-state index < -0.39 is 5.97 Å². The minimum Gasteiger partial charge on any atom is -0.436 e. The van der Waals surface area contributed by atoms with Gasteiger partial charge in [0.1, 0.15) is 5.69 Å². The van der Waals surface area contributed by atoms with Crippen LogP contribution in [0.3, 0.4) is 0 Å². The lowest BCUT2D eigenvalue weighted by molar-refractivity contribution is -0.210. The zero-order chi connectivity index (χ0) is 25.8. The maximum atomic E-state index is 11.1. The Morgan fingerprint density at radius 3 is 2.38 bits per heavy atom. The number of hydrogen-bond acceptors (Lipinski definition) is 5. The lowest BCUT2D eigenvalue weighted by Crippen LogP contribution is -2.11. The van der Waals surface area contributed by atoms with E-state index in [0.29, 0.717) is 11.6 Å². The molecule has 1 aliphatic carbocycles. The quantitative estimate of drug-likeness (QED) is 0.193. The molecule has 0 spiro atoms. The van der Waals surface area contributed by atoms with Crippen molar-refractivity contribution in [3.63, 3.8) is 0 Å². The number of oxazole rings is 1. The predicted molar refractivity (Wildman–Crippen MR) is 145 cm³/mol. The summed E-state index contributed by atoms with van der Waals surface area (Å²) in [4.78, 5) is 26.0. The molecule has 0 amide bonds. The number of aryl methyl sites for hydroxylation is 2. The van der Waals surface area contributed by atoms with Gasteiger partial charge in [-0.2, -0.15) is 0 Å². The van der Waals surface area contributed by atoms with Gasteiger partial charge in [-0.05, 0) is 63.1 Å². The average molecular weight is 494 g/mol. The summed E-state index contributed by atoms with van der Waals surface area (Å²) in [5.74, 6) is 1.76. The van der Waals surface area contributed by atoms with Crippen LogP contribution in [0.4, 0.5) is 0 Å². The highest BCUT2D eigenvalue weighted by atomic mass is 17.2. The van der Waals surface area contributed by atoms with Crippen LogP contribution in [0.2, 0.25) is 0 Å². The van der Waals surface area contributed by atoms with Crippen molar-refractivity contribution in [1.82, 2.24) is 4.98 Å². The normalized spacial score (nSPS) is 15.2. The van der Waals surface area contributed by atoms with Crippen molar-refractivity contribution < 1.29 is 19.0 Å². The summed E-state index contributed by atoms with van der Waals surface area (Å²) in [7, 11) is 0. The molecule has 4 aromatic rings. The highest BCUT2D eigenvalue weighted by Gasteiger charge is 2.26. The minimum atomic E-state index is -0.486. The molecular weight excluding hydrogens is 462 g/mol. The molecule has 188 valence electrons. The number of benzene rings is 3. The standard InChI is InChI=1S/C32H31NO4/c1-21-11-15-25(16-12-21)30-31(26-17-13-22(2)14-18-26)35-32(33-30)29-10-5-4-8-27(29)19-24-7-6-9-28(20-24)37-36-23(3)34/h6-7,9-18,20,27H,4-5,8,19H2,1-3H3. The van der Waals surface area contributed by atoms with Gasteiger partial charge in [0.2, 0.25) is 5.89 Å². The third kappa shape index (κ3) is 5.83. The Labute approximate surface area is 217 Å². The Hall–Kier alpha value is -4.12. The maximum Gasteiger partial charge on any atom is 0.352 e. The summed E-state index contributed by atoms with van der Waals surface area (Å²) in [5.41, 5.74) is 7.58. The number of allylic oxidation sites excluding steroid dienone is 2. The zero-order valence-electron chi connectivity index (χ0n) is 21.5. The van der Waals surface area contributed by atoms with Gasteiger partial charge in [0.05, 0.1) is 0 Å². The van der Waals surface area contributed by atoms with Crippen LogP contribution in [0.1, 0.15) is 48.8 Å². The van der Waals surface area contributed by atoms with Crippen molar-refractivity contribution in [3.05, 3.63) is 101 Å². The minimum absolute atomic E-state index is 0.258. The first kappa shape index (κ1) is 24.6. The summed E-state index contributed by atoms with van der Waals surface area (Å²) in [5, 5.41) is 0. The van der Waals surface area contributed by atoms with Crippen LogP contribution in [0.25, 0.3) is 28.2 Å². The first-order valence-electron chi connectivity index (χ1n) is 12.8. The van der Waals surface area contributed by atoms with Gasteiger partial charge in [-0.15, -0.1) is 0 Å². The Balaban J connectivity index is 1.48. The highest BCUT2D eigenvalue weighted by molar-refractivity contribution is 5.79. The molecule has 0 saturated carbocycles. The summed E-state index contributed by atoms with van der Waals surface area (Å²) in [6.45, 7) is 5.48. The highest BCUT2D eigenvalue weighted by Crippen LogP contribution is 2.40. The molecule has 0 fully saturated rings. The fraction of sp³-hybridized carbons (Fsp3) is 0.250. The smallest absolute Gasteiger partial charge is 0.352 e. The van der Waals surface area contributed by atoms with E-state index in [2.05, 4.69) is 74.5 Å². The Morgan fingerprint density at radius 1 is 0.973 bits per heavy atom. The van der Waals surface area contributed by atoms with E-state index in [0.717, 1.165) is 59.4 Å². The maximum absolute atomic E-state index is 11.1. The van der Waals surface area contributed by atoms with Gasteiger partial charge in [0, 0.05) is 23.6 Å². The molecular formula is C32H31NO4. The molecule has 0 N–H and O–H groups in total. The molecule has 1 aromatic heterocycles. The number of rotatable bonds is 7. The predicted octanol–water partition coefficient (Wildman–Crippen LogP) is 7.91. The Morgan fingerprint density at radius 2 is 1.68 bits per heavy atom. The van der Waals surface area contributed by atoms with Gasteiger partial charge in [-0.3, -0.25) is 9.78 Å². The van der Waals surface area contributed by atoms with Crippen molar-refractivity contribution in [2.45, 2.75) is 46.5 Å². The molecule has 5 rings (SSSR count). The molecule has 37 heavy (non-hydrogen) atoms. The van der Waals surface area contributed by atoms with Gasteiger partial charge in [-0.25, -0.2) is 9.78 Å². The summed E-state index contributed by atoms with van der Waals surface area (Å²) in [6, 6.07) is 24.5. The lowest BCUT2D eigenvalue weighted by Gasteiger charge is -2.22. The topological polar surface area (TPSA) is 61.6 Å². The molecule has 0 saturated heterocycles. The largest absolute Gasteiger partial charge is 0.436 e. The third-order valence-electron chi connectivity index (χ3n) is 6.71. The fourth-order valence-corrected chi connectivity index (χ4v) is 4.78. The third-order valence-corrected chi connectivity index (χ3v) is 6.71. The van der Waals surface area contributed by atoms with Crippen molar-refractivity contribution in [1.29, 1.82) is 0 Å². The van der Waals surface area contributed by atoms with Crippen molar-refractivity contribution in [2.24, 2.45) is 5.92 Å². The van der Waals surface area contributed by atoms with E-state index >= 15 is 0 Å². The monoisotopic (exact) mass is 493 g/mol. The molecule has 5 heteroatoms. The second-order valence-corrected chi connectivity index (χ2v) is 9.73. The number of carbonyl (C=O) groups excluding carboxylic acids is 1. The number of nitrogens with zero attached hydrogens (tertiary/aromatic N) is 1. The fourth-order valence-electron chi connectivity index (χ4n) is 4.78. The Kier molecular flexibility index (Phi) is 7.22. The summed E-state index contributed by atoms with van der Waals surface area (Å²) in [6.07, 6.45) is 6.25. The van der Waals surface area contributed by atoms with Crippen LogP contribution in [0.5, 0.6) is 5.75 Å². The van der Waals surface area contributed by atoms with E-state index in [1.807, 2.05) is 12.1 Å². The van der Waals surface area contributed by atoms with Gasteiger partial charge >= 0.3 is 5.97 Å². The molecule has 1 heterocycles. The SMILES string of the molecule is CC(=O)OOc1cccc(CC2CCCC=C2c2nc(-c3ccc(C)cc3)c(-c3ccc(C)cc3)o2)c1. The van der Waals surface area contributed by atoms with E-state index in [1.165, 1.54) is 18.1 Å². The number of aromatic nitrogens is 1. The molecule has 0 bridgehead atoms. The van der Waals surface area contributed by atoms with Crippen molar-refractivity contribution >= 4 is 11.5 Å². The lowest BCUT2D eigenvalue weighted by atomic mass is 9.83. The molecule has 0 radical (unpaired) electrons. The van der Waals surface area contributed by atoms with E-state index in [-0.39, 0.29) is 5.92 Å². The van der Waals surface area contributed by atoms with Crippen LogP contribution in [-0.4, -0.2) is 11.0 Å². The second-order valence-electron chi connectivity index (χ2n) is 9.73. The van der Waals surface area contributed by atoms with Crippen LogP contribution >= 0.6 is 0 Å². The first-order valence-corrected chi connectivity index (χ1v) is 12.8. The molecule has 1 aliphatic rings. The summed E-state index contributed by atoms with van der Waals surface area (Å²) >= 11 is 0. The molecule has 1 unspecified atom stereocenters. The number of carbonyl (C=O) groups is 1. The van der Waals surface area contributed by atoms with Gasteiger partial charge < -0.3 is 4.42 Å². The van der Waals surface area contributed by atoms with Gasteiger partial charge in [0.15, 0.2) is 11.5 Å². The van der Waals surface area contributed by atoms with Crippen molar-refractivity contribution in [3.8, 4) is 28.3 Å². The van der Waals surface area contributed by atoms with Crippen LogP contribution in [0.15, 0.2) is 83.3 Å². The van der Waals surface area contributed by atoms with Crippen LogP contribution in [0, 0.1) is 19.8 Å². The van der Waals surface area contributed by atoms with E-state index in [1.54, 1.807) is 6.07 Å². The molecule has 3 aromatic carbocycles. The summed E-state index contributed by atoms with van der Waals surface area (Å²) < 4.78 is 6.56. The van der Waals surface area contributed by atoms with Gasteiger partial charge in [-0.1, -0.05) is 77.9 Å². The van der Waals surface area contributed by atoms with E-state index in [9.17, 15) is 4.79 Å². The Bertz CT molecular complexity index is 1350. The molecule has 1 atom stereocenters. The zero-order valence-corrected chi connectivity index (χ0v) is 21.5. The van der Waals surface area contributed by atoms with Gasteiger partial charge in [0.25, 0.3) is 0 Å². The van der Waals surface area contributed by atoms with Crippen LogP contribution < -0.4 is 4.89 Å². The average Bonchev–Trinajstić information content (AvgIpc) is 3.34.